The Morgan fingerprint density at radius 1 is 0.867 bits per heavy atom. The predicted octanol–water partition coefficient (Wildman–Crippen LogP) is 4.76. The van der Waals surface area contributed by atoms with Gasteiger partial charge in [-0.15, -0.1) is 0 Å². The lowest BCUT2D eigenvalue weighted by Gasteiger charge is -2.06. The molecule has 15 heavy (non-hydrogen) atoms. The lowest BCUT2D eigenvalue weighted by molar-refractivity contribution is 0.0921. The molecule has 0 aromatic heterocycles. The summed E-state index contributed by atoms with van der Waals surface area (Å²) in [5, 5.41) is 0. The molecule has 0 aromatic rings. The van der Waals surface area contributed by atoms with E-state index >= 15 is 0 Å². The molecule has 0 aromatic carbocycles. The normalized spacial score (nSPS) is 11.2. The van der Waals surface area contributed by atoms with Gasteiger partial charge in [0.25, 0.3) is 0 Å². The van der Waals surface area contributed by atoms with Crippen LogP contribution in [0.1, 0.15) is 71.6 Å². The second-order valence-corrected chi connectivity index (χ2v) is 4.51. The Labute approximate surface area is 96.6 Å². The van der Waals surface area contributed by atoms with Crippen molar-refractivity contribution in [2.24, 2.45) is 0 Å². The van der Waals surface area contributed by atoms with Crippen LogP contribution >= 0.6 is 0 Å². The third-order valence-corrected chi connectivity index (χ3v) is 2.65. The fraction of sp³-hybridized carbons (Fsp3) is 0.929. The maximum atomic E-state index is 5.39. The van der Waals surface area contributed by atoms with Crippen molar-refractivity contribution in [2.45, 2.75) is 77.7 Å². The van der Waals surface area contributed by atoms with E-state index in [9.17, 15) is 0 Å². The van der Waals surface area contributed by atoms with Crippen LogP contribution in [0, 0.1) is 6.92 Å². The summed E-state index contributed by atoms with van der Waals surface area (Å²) in [4.78, 5) is 0. The Kier molecular flexibility index (Phi) is 12.0. The van der Waals surface area contributed by atoms with Crippen molar-refractivity contribution in [1.29, 1.82) is 0 Å². The summed E-state index contributed by atoms with van der Waals surface area (Å²) < 4.78 is 5.39. The molecule has 0 bridgehead atoms. The lowest BCUT2D eigenvalue weighted by atomic mass is 10.1. The molecule has 1 nitrogen and oxygen atoms in total. The van der Waals surface area contributed by atoms with E-state index in [1.54, 1.807) is 0 Å². The van der Waals surface area contributed by atoms with E-state index in [4.69, 9.17) is 4.74 Å². The molecule has 0 heterocycles. The van der Waals surface area contributed by atoms with Crippen LogP contribution in [0.15, 0.2) is 0 Å². The first kappa shape index (κ1) is 15.0. The molecule has 0 saturated heterocycles. The first-order chi connectivity index (χ1) is 7.27. The van der Waals surface area contributed by atoms with Crippen molar-refractivity contribution in [3.8, 4) is 0 Å². The molecule has 0 rings (SSSR count). The van der Waals surface area contributed by atoms with E-state index in [0.29, 0.717) is 0 Å². The summed E-state index contributed by atoms with van der Waals surface area (Å²) in [6.45, 7) is 8.94. The van der Waals surface area contributed by atoms with E-state index in [0.717, 1.165) is 6.61 Å². The minimum atomic E-state index is 0.152. The molecule has 0 aliphatic rings. The molecule has 1 unspecified atom stereocenters. The van der Waals surface area contributed by atoms with Gasteiger partial charge < -0.3 is 4.74 Å². The highest BCUT2D eigenvalue weighted by atomic mass is 16.5. The molecule has 0 fully saturated rings. The van der Waals surface area contributed by atoms with Crippen molar-refractivity contribution in [1.82, 2.24) is 0 Å². The van der Waals surface area contributed by atoms with Crippen LogP contribution in [0.2, 0.25) is 0 Å². The minimum Gasteiger partial charge on any atom is -0.379 e. The average molecular weight is 213 g/mol. The maximum absolute atomic E-state index is 5.39. The highest BCUT2D eigenvalue weighted by Crippen LogP contribution is 2.09. The topological polar surface area (TPSA) is 9.23 Å². The predicted molar refractivity (Wildman–Crippen MR) is 68.0 cm³/mol. The van der Waals surface area contributed by atoms with E-state index < -0.39 is 0 Å². The van der Waals surface area contributed by atoms with Crippen LogP contribution in [-0.2, 0) is 4.74 Å². The molecule has 0 spiro atoms. The maximum Gasteiger partial charge on any atom is 0.0547 e. The van der Waals surface area contributed by atoms with Gasteiger partial charge in [-0.3, -0.25) is 0 Å². The highest BCUT2D eigenvalue weighted by Gasteiger charge is 1.94. The number of ether oxygens (including phenoxy) is 1. The molecule has 91 valence electrons. The first-order valence-corrected chi connectivity index (χ1v) is 6.72. The van der Waals surface area contributed by atoms with Gasteiger partial charge in [-0.05, 0) is 20.3 Å². The van der Waals surface area contributed by atoms with Gasteiger partial charge in [0.05, 0.1) is 6.10 Å². The average Bonchev–Trinajstić information content (AvgIpc) is 2.20. The van der Waals surface area contributed by atoms with E-state index in [-0.39, 0.29) is 6.10 Å². The number of hydrogen-bond acceptors (Lipinski definition) is 1. The molecule has 0 N–H and O–H groups in total. The molecule has 0 saturated carbocycles. The quantitative estimate of drug-likeness (QED) is 0.450. The largest absolute Gasteiger partial charge is 0.379 e. The van der Waals surface area contributed by atoms with Crippen LogP contribution in [0.4, 0.5) is 0 Å². The smallest absolute Gasteiger partial charge is 0.0547 e. The van der Waals surface area contributed by atoms with Gasteiger partial charge in [-0.1, -0.05) is 58.3 Å². The van der Waals surface area contributed by atoms with Crippen LogP contribution in [0.5, 0.6) is 0 Å². The van der Waals surface area contributed by atoms with Crippen LogP contribution in [-0.4, -0.2) is 12.7 Å². The van der Waals surface area contributed by atoms with Crippen LogP contribution in [0.25, 0.3) is 0 Å². The van der Waals surface area contributed by atoms with Crippen LogP contribution in [0.3, 0.4) is 0 Å². The molecule has 0 aliphatic heterocycles. The third-order valence-electron chi connectivity index (χ3n) is 2.65. The second-order valence-electron chi connectivity index (χ2n) is 4.51. The standard InChI is InChI=1S/C14H29O/c1-4-5-6-7-8-9-10-11-12-13-15-14(2)3/h14H,2,4-13H2,1,3H3. The van der Waals surface area contributed by atoms with Gasteiger partial charge in [-0.25, -0.2) is 0 Å². The molecular weight excluding hydrogens is 184 g/mol. The molecule has 1 atom stereocenters. The minimum absolute atomic E-state index is 0.152. The Morgan fingerprint density at radius 2 is 1.33 bits per heavy atom. The van der Waals surface area contributed by atoms with Crippen molar-refractivity contribution < 1.29 is 4.74 Å². The van der Waals surface area contributed by atoms with Crippen molar-refractivity contribution in [2.75, 3.05) is 6.61 Å². The first-order valence-electron chi connectivity index (χ1n) is 6.72. The summed E-state index contributed by atoms with van der Waals surface area (Å²) >= 11 is 0. The zero-order valence-corrected chi connectivity index (χ0v) is 10.8. The Morgan fingerprint density at radius 3 is 1.80 bits per heavy atom. The highest BCUT2D eigenvalue weighted by molar-refractivity contribution is 4.50. The molecule has 0 amide bonds. The fourth-order valence-corrected chi connectivity index (χ4v) is 1.70. The van der Waals surface area contributed by atoms with Crippen molar-refractivity contribution in [3.63, 3.8) is 0 Å². The molecule has 1 radical (unpaired) electrons. The molecular formula is C14H29O. The monoisotopic (exact) mass is 213 g/mol. The van der Waals surface area contributed by atoms with Crippen molar-refractivity contribution in [3.05, 3.63) is 6.92 Å². The summed E-state index contributed by atoms with van der Waals surface area (Å²) in [6.07, 6.45) is 12.5. The van der Waals surface area contributed by atoms with Gasteiger partial charge in [0, 0.05) is 6.61 Å². The number of rotatable bonds is 11. The van der Waals surface area contributed by atoms with Gasteiger partial charge >= 0.3 is 0 Å². The molecule has 1 heteroatoms. The summed E-state index contributed by atoms with van der Waals surface area (Å²) in [7, 11) is 0. The van der Waals surface area contributed by atoms with Crippen LogP contribution < -0.4 is 0 Å². The van der Waals surface area contributed by atoms with E-state index in [1.807, 2.05) is 6.92 Å². The zero-order chi connectivity index (χ0) is 11.4. The van der Waals surface area contributed by atoms with Gasteiger partial charge in [0.15, 0.2) is 0 Å². The fourth-order valence-electron chi connectivity index (χ4n) is 1.70. The number of unbranched alkanes of at least 4 members (excludes halogenated alkanes) is 8. The zero-order valence-electron chi connectivity index (χ0n) is 10.8. The van der Waals surface area contributed by atoms with Crippen molar-refractivity contribution >= 4 is 0 Å². The summed E-state index contributed by atoms with van der Waals surface area (Å²) in [6, 6.07) is 0. The Balaban J connectivity index is 2.87. The Hall–Kier alpha value is -0.0400. The van der Waals surface area contributed by atoms with E-state index in [2.05, 4.69) is 13.8 Å². The third kappa shape index (κ3) is 14.0. The second kappa shape index (κ2) is 12.0. The lowest BCUT2D eigenvalue weighted by Crippen LogP contribution is -2.03. The Bertz CT molecular complexity index is 110. The van der Waals surface area contributed by atoms with E-state index in [1.165, 1.54) is 57.8 Å². The summed E-state index contributed by atoms with van der Waals surface area (Å²) in [5.41, 5.74) is 0. The van der Waals surface area contributed by atoms with Gasteiger partial charge in [0.2, 0.25) is 0 Å². The SMILES string of the molecule is [CH2]C(C)OCCCCCCCCCCC. The summed E-state index contributed by atoms with van der Waals surface area (Å²) in [5.74, 6) is 0. The van der Waals surface area contributed by atoms with Gasteiger partial charge in [0.1, 0.15) is 0 Å². The van der Waals surface area contributed by atoms with Gasteiger partial charge in [-0.2, -0.15) is 0 Å². The number of hydrogen-bond donors (Lipinski definition) is 0. The molecule has 0 aliphatic carbocycles.